The second kappa shape index (κ2) is 14.5. The maximum atomic E-state index is 5.34. The molecule has 0 aliphatic rings. The van der Waals surface area contributed by atoms with Crippen LogP contribution in [0.5, 0.6) is 0 Å². The first kappa shape index (κ1) is 34.3. The molecule has 0 N–H and O–H groups in total. The fourth-order valence-corrected chi connectivity index (χ4v) is 8.46. The molecule has 0 amide bonds. The van der Waals surface area contributed by atoms with Crippen molar-refractivity contribution in [2.45, 2.75) is 0 Å². The number of rotatable bonds is 7. The summed E-state index contributed by atoms with van der Waals surface area (Å²) in [6.07, 6.45) is 0. The highest BCUT2D eigenvalue weighted by Gasteiger charge is 2.20. The van der Waals surface area contributed by atoms with E-state index < -0.39 is 0 Å². The first-order chi connectivity index (χ1) is 29.3. The van der Waals surface area contributed by atoms with Gasteiger partial charge in [-0.25, -0.2) is 15.0 Å². The van der Waals surface area contributed by atoms with Crippen LogP contribution in [-0.4, -0.2) is 19.5 Å². The van der Waals surface area contributed by atoms with E-state index in [9.17, 15) is 0 Å². The summed E-state index contributed by atoms with van der Waals surface area (Å²) in [5, 5.41) is 4.65. The van der Waals surface area contributed by atoms with Crippen LogP contribution in [0.4, 0.5) is 0 Å². The summed E-state index contributed by atoms with van der Waals surface area (Å²) in [6, 6.07) is 76.9. The number of hydrogen-bond acceptors (Lipinski definition) is 3. The first-order valence-electron chi connectivity index (χ1n) is 19.9. The number of nitrogens with zero attached hydrogens (tertiary/aromatic N) is 4. The molecule has 0 atom stereocenters. The summed E-state index contributed by atoms with van der Waals surface area (Å²) in [4.78, 5) is 15.8. The van der Waals surface area contributed by atoms with Crippen molar-refractivity contribution in [1.82, 2.24) is 19.5 Å². The Kier molecular flexibility index (Phi) is 8.45. The lowest BCUT2D eigenvalue weighted by atomic mass is 9.94. The smallest absolute Gasteiger partial charge is 0.164 e. The third-order valence-corrected chi connectivity index (χ3v) is 11.3. The summed E-state index contributed by atoms with van der Waals surface area (Å²) >= 11 is 0. The Morgan fingerprint density at radius 3 is 1.25 bits per heavy atom. The van der Waals surface area contributed by atoms with Crippen molar-refractivity contribution >= 4 is 32.6 Å². The average Bonchev–Trinajstić information content (AvgIpc) is 3.66. The monoisotopic (exact) mass is 752 g/mol. The summed E-state index contributed by atoms with van der Waals surface area (Å²) in [5.74, 6) is 1.85. The molecule has 0 saturated carbocycles. The van der Waals surface area contributed by atoms with Crippen LogP contribution < -0.4 is 0 Å². The standard InChI is InChI=1S/C55H36N4/c1-4-16-37(17-5-1)38-28-30-41(31-29-38)53-56-54(58-55(57-53)49-35-34-43(39-18-6-2-7-19-39)45-22-10-11-23-46(45)49)42-32-33-44(40-20-8-3-9-21-40)52(36-42)59-50-26-14-12-24-47(50)48-25-13-15-27-51(48)59/h1-36H. The lowest BCUT2D eigenvalue weighted by Crippen LogP contribution is -2.02. The van der Waals surface area contributed by atoms with E-state index in [0.717, 1.165) is 66.4 Å². The molecule has 2 aromatic heterocycles. The second-order valence-electron chi connectivity index (χ2n) is 14.8. The highest BCUT2D eigenvalue weighted by molar-refractivity contribution is 6.10. The highest BCUT2D eigenvalue weighted by Crippen LogP contribution is 2.40. The van der Waals surface area contributed by atoms with Crippen LogP contribution in [0.1, 0.15) is 0 Å². The molecule has 11 aromatic rings. The highest BCUT2D eigenvalue weighted by atomic mass is 15.0. The molecule has 276 valence electrons. The molecular formula is C55H36N4. The molecule has 0 bridgehead atoms. The van der Waals surface area contributed by atoms with Gasteiger partial charge >= 0.3 is 0 Å². The lowest BCUT2D eigenvalue weighted by Gasteiger charge is -2.17. The molecule has 0 saturated heterocycles. The minimum absolute atomic E-state index is 0.606. The molecule has 0 radical (unpaired) electrons. The molecule has 9 aromatic carbocycles. The van der Waals surface area contributed by atoms with Gasteiger partial charge in [-0.15, -0.1) is 0 Å². The topological polar surface area (TPSA) is 43.6 Å². The number of benzene rings is 9. The maximum absolute atomic E-state index is 5.34. The van der Waals surface area contributed by atoms with Gasteiger partial charge in [0, 0.05) is 33.0 Å². The van der Waals surface area contributed by atoms with E-state index in [4.69, 9.17) is 15.0 Å². The van der Waals surface area contributed by atoms with Crippen LogP contribution in [0.25, 0.3) is 106 Å². The Morgan fingerprint density at radius 2 is 0.644 bits per heavy atom. The van der Waals surface area contributed by atoms with E-state index in [1.807, 2.05) is 6.07 Å². The van der Waals surface area contributed by atoms with Crippen molar-refractivity contribution in [2.24, 2.45) is 0 Å². The van der Waals surface area contributed by atoms with Crippen LogP contribution in [0.2, 0.25) is 0 Å². The first-order valence-corrected chi connectivity index (χ1v) is 19.9. The minimum atomic E-state index is 0.606. The van der Waals surface area contributed by atoms with Gasteiger partial charge in [0.25, 0.3) is 0 Å². The van der Waals surface area contributed by atoms with Crippen LogP contribution in [0.15, 0.2) is 218 Å². The van der Waals surface area contributed by atoms with E-state index in [1.165, 1.54) is 21.9 Å². The Labute approximate surface area is 342 Å². The van der Waals surface area contributed by atoms with Gasteiger partial charge in [0.15, 0.2) is 17.5 Å². The second-order valence-corrected chi connectivity index (χ2v) is 14.8. The number of fused-ring (bicyclic) bond motifs is 4. The Hall–Kier alpha value is -7.95. The predicted molar refractivity (Wildman–Crippen MR) is 244 cm³/mol. The molecule has 0 fully saturated rings. The molecule has 0 unspecified atom stereocenters. The summed E-state index contributed by atoms with van der Waals surface area (Å²) in [5.41, 5.74) is 13.0. The minimum Gasteiger partial charge on any atom is -0.309 e. The molecule has 4 heteroatoms. The van der Waals surface area contributed by atoms with Gasteiger partial charge in [-0.3, -0.25) is 0 Å². The number of aromatic nitrogens is 4. The number of hydrogen-bond donors (Lipinski definition) is 0. The predicted octanol–water partition coefficient (Wildman–Crippen LogP) is 14.1. The zero-order valence-corrected chi connectivity index (χ0v) is 32.1. The van der Waals surface area contributed by atoms with Crippen molar-refractivity contribution < 1.29 is 0 Å². The fourth-order valence-electron chi connectivity index (χ4n) is 8.46. The van der Waals surface area contributed by atoms with Gasteiger partial charge in [-0.1, -0.05) is 194 Å². The molecule has 0 aliphatic heterocycles. The van der Waals surface area contributed by atoms with Crippen LogP contribution in [-0.2, 0) is 0 Å². The lowest BCUT2D eigenvalue weighted by molar-refractivity contribution is 1.07. The molecule has 11 rings (SSSR count). The summed E-state index contributed by atoms with van der Waals surface area (Å²) < 4.78 is 2.39. The molecule has 2 heterocycles. The van der Waals surface area contributed by atoms with E-state index in [0.29, 0.717) is 17.5 Å². The maximum Gasteiger partial charge on any atom is 0.164 e. The molecule has 0 aliphatic carbocycles. The van der Waals surface area contributed by atoms with E-state index in [1.54, 1.807) is 0 Å². The van der Waals surface area contributed by atoms with Crippen molar-refractivity contribution in [3.8, 4) is 73.2 Å². The van der Waals surface area contributed by atoms with Gasteiger partial charge in [0.2, 0.25) is 0 Å². The third kappa shape index (κ3) is 6.15. The normalized spacial score (nSPS) is 11.4. The van der Waals surface area contributed by atoms with E-state index in [2.05, 4.69) is 217 Å². The van der Waals surface area contributed by atoms with Gasteiger partial charge in [-0.2, -0.15) is 0 Å². The van der Waals surface area contributed by atoms with Crippen molar-refractivity contribution in [1.29, 1.82) is 0 Å². The zero-order valence-electron chi connectivity index (χ0n) is 32.1. The molecular weight excluding hydrogens is 717 g/mol. The molecule has 0 spiro atoms. The van der Waals surface area contributed by atoms with Gasteiger partial charge in [-0.05, 0) is 62.9 Å². The fraction of sp³-hybridized carbons (Fsp3) is 0. The Bertz CT molecular complexity index is 3250. The summed E-state index contributed by atoms with van der Waals surface area (Å²) in [7, 11) is 0. The van der Waals surface area contributed by atoms with Gasteiger partial charge in [0.05, 0.1) is 16.7 Å². The SMILES string of the molecule is c1ccc(-c2ccc(-c3nc(-c4ccc(-c5ccccc5)c(-n5c6ccccc6c6ccccc65)c4)nc(-c4ccc(-c5ccccc5)c5ccccc45)n3)cc2)cc1. The van der Waals surface area contributed by atoms with Crippen molar-refractivity contribution in [2.75, 3.05) is 0 Å². The Morgan fingerprint density at radius 1 is 0.254 bits per heavy atom. The van der Waals surface area contributed by atoms with Gasteiger partial charge < -0.3 is 4.57 Å². The quantitative estimate of drug-likeness (QED) is 0.163. The largest absolute Gasteiger partial charge is 0.309 e. The summed E-state index contributed by atoms with van der Waals surface area (Å²) in [6.45, 7) is 0. The Balaban J connectivity index is 1.15. The molecule has 4 nitrogen and oxygen atoms in total. The molecule has 59 heavy (non-hydrogen) atoms. The van der Waals surface area contributed by atoms with Crippen LogP contribution >= 0.6 is 0 Å². The third-order valence-electron chi connectivity index (χ3n) is 11.3. The van der Waals surface area contributed by atoms with E-state index >= 15 is 0 Å². The zero-order chi connectivity index (χ0) is 39.1. The van der Waals surface area contributed by atoms with Gasteiger partial charge in [0.1, 0.15) is 0 Å². The van der Waals surface area contributed by atoms with E-state index in [-0.39, 0.29) is 0 Å². The van der Waals surface area contributed by atoms with Crippen molar-refractivity contribution in [3.05, 3.63) is 218 Å². The number of para-hydroxylation sites is 2. The van der Waals surface area contributed by atoms with Crippen molar-refractivity contribution in [3.63, 3.8) is 0 Å². The average molecular weight is 753 g/mol. The van der Waals surface area contributed by atoms with Crippen LogP contribution in [0.3, 0.4) is 0 Å². The van der Waals surface area contributed by atoms with Crippen LogP contribution in [0, 0.1) is 0 Å².